The summed E-state index contributed by atoms with van der Waals surface area (Å²) < 4.78 is 28.1. The fourth-order valence-corrected chi connectivity index (χ4v) is 4.75. The zero-order valence-corrected chi connectivity index (χ0v) is 19.8. The van der Waals surface area contributed by atoms with Crippen molar-refractivity contribution in [1.82, 2.24) is 0 Å². The number of carbonyl (C=O) groups excluding carboxylic acids is 1. The fourth-order valence-electron chi connectivity index (χ4n) is 3.33. The Balaban J connectivity index is 1.92. The van der Waals surface area contributed by atoms with Gasteiger partial charge in [-0.2, -0.15) is 0 Å². The summed E-state index contributed by atoms with van der Waals surface area (Å²) in [6.45, 7) is 7.79. The van der Waals surface area contributed by atoms with Gasteiger partial charge < -0.3 is 5.32 Å². The van der Waals surface area contributed by atoms with Crippen LogP contribution in [-0.2, 0) is 21.2 Å². The van der Waals surface area contributed by atoms with Crippen LogP contribution < -0.4 is 9.62 Å². The molecule has 0 unspecified atom stereocenters. The van der Waals surface area contributed by atoms with Crippen LogP contribution in [0.2, 0.25) is 0 Å². The summed E-state index contributed by atoms with van der Waals surface area (Å²) in [6, 6.07) is 21.5. The second kappa shape index (κ2) is 10.0. The van der Waals surface area contributed by atoms with Crippen LogP contribution in [0.15, 0.2) is 77.7 Å². The van der Waals surface area contributed by atoms with E-state index in [4.69, 9.17) is 0 Å². The van der Waals surface area contributed by atoms with E-state index in [2.05, 4.69) is 26.1 Å². The number of nitrogens with one attached hydrogen (secondary N) is 1. The number of hydrogen-bond donors (Lipinski definition) is 1. The largest absolute Gasteiger partial charge is 0.325 e. The van der Waals surface area contributed by atoms with Gasteiger partial charge in [-0.05, 0) is 66.8 Å². The monoisotopic (exact) mass is 450 g/mol. The number of benzene rings is 3. The topological polar surface area (TPSA) is 66.5 Å². The normalized spacial score (nSPS) is 11.4. The van der Waals surface area contributed by atoms with Gasteiger partial charge in [-0.25, -0.2) is 8.42 Å². The summed E-state index contributed by atoms with van der Waals surface area (Å²) in [7, 11) is -3.93. The number of anilines is 2. The second-order valence-electron chi connectivity index (χ2n) is 8.17. The highest BCUT2D eigenvalue weighted by Crippen LogP contribution is 2.26. The summed E-state index contributed by atoms with van der Waals surface area (Å²) in [6.07, 6.45) is 0.906. The third-order valence-electron chi connectivity index (χ3n) is 5.39. The highest BCUT2D eigenvalue weighted by Gasteiger charge is 2.27. The Morgan fingerprint density at radius 1 is 0.906 bits per heavy atom. The number of nitrogens with zero attached hydrogens (tertiary/aromatic N) is 1. The van der Waals surface area contributed by atoms with E-state index >= 15 is 0 Å². The Morgan fingerprint density at radius 3 is 2.03 bits per heavy atom. The van der Waals surface area contributed by atoms with Gasteiger partial charge in [0, 0.05) is 5.69 Å². The number of amides is 1. The first kappa shape index (κ1) is 23.5. The van der Waals surface area contributed by atoms with E-state index in [1.54, 1.807) is 36.4 Å². The third-order valence-corrected chi connectivity index (χ3v) is 7.18. The van der Waals surface area contributed by atoms with Gasteiger partial charge >= 0.3 is 0 Å². The highest BCUT2D eigenvalue weighted by atomic mass is 32.2. The lowest BCUT2D eigenvalue weighted by molar-refractivity contribution is -0.114. The maximum Gasteiger partial charge on any atom is 0.264 e. The lowest BCUT2D eigenvalue weighted by Gasteiger charge is -2.24. The molecule has 0 fully saturated rings. The van der Waals surface area contributed by atoms with Crippen LogP contribution in [0.5, 0.6) is 0 Å². The van der Waals surface area contributed by atoms with Gasteiger partial charge in [-0.3, -0.25) is 9.10 Å². The van der Waals surface area contributed by atoms with Gasteiger partial charge in [-0.1, -0.05) is 62.7 Å². The van der Waals surface area contributed by atoms with Crippen molar-refractivity contribution in [3.8, 4) is 0 Å². The van der Waals surface area contributed by atoms with E-state index in [-0.39, 0.29) is 11.4 Å². The van der Waals surface area contributed by atoms with Crippen LogP contribution in [0.1, 0.15) is 43.4 Å². The molecule has 3 aromatic rings. The van der Waals surface area contributed by atoms with E-state index in [0.717, 1.165) is 27.4 Å². The van der Waals surface area contributed by atoms with Gasteiger partial charge in [0.25, 0.3) is 10.0 Å². The fraction of sp³-hybridized carbons (Fsp3) is 0.269. The molecule has 5 nitrogen and oxygen atoms in total. The molecule has 3 rings (SSSR count). The van der Waals surface area contributed by atoms with Gasteiger partial charge in [0.2, 0.25) is 5.91 Å². The zero-order chi connectivity index (χ0) is 23.3. The van der Waals surface area contributed by atoms with Crippen LogP contribution in [-0.4, -0.2) is 20.9 Å². The minimum absolute atomic E-state index is 0.149. The molecule has 1 amide bonds. The van der Waals surface area contributed by atoms with Crippen molar-refractivity contribution in [2.75, 3.05) is 16.2 Å². The van der Waals surface area contributed by atoms with Crippen molar-refractivity contribution >= 4 is 27.3 Å². The Hall–Kier alpha value is -3.12. The van der Waals surface area contributed by atoms with E-state index in [9.17, 15) is 13.2 Å². The van der Waals surface area contributed by atoms with Crippen molar-refractivity contribution in [1.29, 1.82) is 0 Å². The van der Waals surface area contributed by atoms with E-state index in [1.807, 2.05) is 43.3 Å². The lowest BCUT2D eigenvalue weighted by atomic mass is 10.0. The Morgan fingerprint density at radius 2 is 1.50 bits per heavy atom. The summed E-state index contributed by atoms with van der Waals surface area (Å²) in [4.78, 5) is 13.0. The molecule has 0 aliphatic heterocycles. The number of rotatable bonds is 8. The van der Waals surface area contributed by atoms with Crippen LogP contribution in [0.25, 0.3) is 0 Å². The standard InChI is InChI=1S/C26H30N2O3S/c1-5-21-8-12-23(13-9-21)27-26(29)18-28(24-14-10-22(11-15-24)19(2)3)32(30,31)25-16-6-20(4)7-17-25/h6-17,19H,5,18H2,1-4H3,(H,27,29). The van der Waals surface area contributed by atoms with Crippen molar-refractivity contribution in [2.45, 2.75) is 44.9 Å². The maximum atomic E-state index is 13.5. The van der Waals surface area contributed by atoms with E-state index in [1.165, 1.54) is 0 Å². The number of sulfonamides is 1. The summed E-state index contributed by atoms with van der Waals surface area (Å²) in [5.41, 5.74) is 4.31. The van der Waals surface area contributed by atoms with Crippen molar-refractivity contribution in [3.63, 3.8) is 0 Å². The molecule has 0 spiro atoms. The first-order valence-electron chi connectivity index (χ1n) is 10.8. The third kappa shape index (κ3) is 5.56. The second-order valence-corrected chi connectivity index (χ2v) is 10.0. The average Bonchev–Trinajstić information content (AvgIpc) is 2.78. The molecule has 0 heterocycles. The molecule has 168 valence electrons. The molecule has 0 aromatic heterocycles. The minimum Gasteiger partial charge on any atom is -0.325 e. The van der Waals surface area contributed by atoms with Crippen LogP contribution in [0.3, 0.4) is 0 Å². The van der Waals surface area contributed by atoms with Gasteiger partial charge in [0.15, 0.2) is 0 Å². The van der Waals surface area contributed by atoms with Gasteiger partial charge in [0.05, 0.1) is 10.6 Å². The summed E-state index contributed by atoms with van der Waals surface area (Å²) in [5, 5.41) is 2.81. The Labute approximate surface area is 191 Å². The Kier molecular flexibility index (Phi) is 7.36. The molecule has 0 aliphatic rings. The summed E-state index contributed by atoms with van der Waals surface area (Å²) >= 11 is 0. The molecular weight excluding hydrogens is 420 g/mol. The SMILES string of the molecule is CCc1ccc(NC(=O)CN(c2ccc(C(C)C)cc2)S(=O)(=O)c2ccc(C)cc2)cc1. The minimum atomic E-state index is -3.93. The molecule has 0 bridgehead atoms. The molecule has 3 aromatic carbocycles. The lowest BCUT2D eigenvalue weighted by Crippen LogP contribution is -2.38. The highest BCUT2D eigenvalue weighted by molar-refractivity contribution is 7.92. The summed E-state index contributed by atoms with van der Waals surface area (Å²) in [5.74, 6) is -0.0848. The number of carbonyl (C=O) groups is 1. The van der Waals surface area contributed by atoms with Gasteiger partial charge in [0.1, 0.15) is 6.54 Å². The molecule has 1 N–H and O–H groups in total. The van der Waals surface area contributed by atoms with Crippen LogP contribution >= 0.6 is 0 Å². The predicted molar refractivity (Wildman–Crippen MR) is 131 cm³/mol. The zero-order valence-electron chi connectivity index (χ0n) is 19.0. The van der Waals surface area contributed by atoms with E-state index < -0.39 is 15.9 Å². The molecule has 0 atom stereocenters. The molecular formula is C26H30N2O3S. The molecule has 0 aliphatic carbocycles. The molecule has 0 saturated heterocycles. The van der Waals surface area contributed by atoms with Crippen molar-refractivity contribution < 1.29 is 13.2 Å². The Bertz CT molecular complexity index is 1150. The van der Waals surface area contributed by atoms with Crippen LogP contribution in [0, 0.1) is 6.92 Å². The maximum absolute atomic E-state index is 13.5. The smallest absolute Gasteiger partial charge is 0.264 e. The number of aryl methyl sites for hydroxylation is 2. The predicted octanol–water partition coefficient (Wildman–Crippen LogP) is 5.51. The quantitative estimate of drug-likeness (QED) is 0.492. The average molecular weight is 451 g/mol. The molecule has 32 heavy (non-hydrogen) atoms. The molecule has 6 heteroatoms. The van der Waals surface area contributed by atoms with Crippen molar-refractivity contribution in [2.24, 2.45) is 0 Å². The number of hydrogen-bond acceptors (Lipinski definition) is 3. The van der Waals surface area contributed by atoms with Gasteiger partial charge in [-0.15, -0.1) is 0 Å². The van der Waals surface area contributed by atoms with Crippen LogP contribution in [0.4, 0.5) is 11.4 Å². The first-order chi connectivity index (χ1) is 15.2. The first-order valence-corrected chi connectivity index (χ1v) is 12.2. The molecule has 0 saturated carbocycles. The van der Waals surface area contributed by atoms with E-state index in [0.29, 0.717) is 17.3 Å². The van der Waals surface area contributed by atoms with Crippen molar-refractivity contribution in [3.05, 3.63) is 89.5 Å². The molecule has 0 radical (unpaired) electrons.